The number of hydrogen-bond donors (Lipinski definition) is 0. The number of rotatable bonds is 4. The van der Waals surface area contributed by atoms with E-state index in [0.29, 0.717) is 5.82 Å². The number of aromatic nitrogens is 4. The second-order valence-electron chi connectivity index (χ2n) is 16.3. The van der Waals surface area contributed by atoms with Crippen LogP contribution in [0.15, 0.2) is 158 Å². The highest BCUT2D eigenvalue weighted by Gasteiger charge is 2.43. The third-order valence-electron chi connectivity index (χ3n) is 12.4. The second kappa shape index (κ2) is 11.9. The molecule has 3 heterocycles. The van der Waals surface area contributed by atoms with E-state index in [1.54, 1.807) is 0 Å². The maximum absolute atomic E-state index is 5.33. The molecule has 6 aromatic carbocycles. The molecule has 0 unspecified atom stereocenters. The SMILES string of the molecule is CC1(C)c2cc3c(cc2-c2ncccc21)C(C)(C)c1cc(-c2nc(-c4cccc(-c5cccc6ccccc56)c4)cc(-c4cccc5ccccc45)n2)cnc1-3. The highest BCUT2D eigenvalue weighted by molar-refractivity contribution is 5.98. The average Bonchev–Trinajstić information content (AvgIpc) is 3.61. The van der Waals surface area contributed by atoms with E-state index in [0.717, 1.165) is 50.4 Å². The number of fused-ring (bicyclic) bond motifs is 8. The Kier molecular flexibility index (Phi) is 6.91. The molecule has 0 radical (unpaired) electrons. The van der Waals surface area contributed by atoms with Crippen molar-refractivity contribution in [1.29, 1.82) is 0 Å². The van der Waals surface area contributed by atoms with Gasteiger partial charge in [0.05, 0.1) is 22.8 Å². The molecule has 0 saturated heterocycles. The Balaban J connectivity index is 1.08. The molecule has 0 amide bonds. The lowest BCUT2D eigenvalue weighted by atomic mass is 9.79. The van der Waals surface area contributed by atoms with Gasteiger partial charge in [0.1, 0.15) is 0 Å². The van der Waals surface area contributed by atoms with Crippen LogP contribution in [0.5, 0.6) is 0 Å². The van der Waals surface area contributed by atoms with Crippen molar-refractivity contribution >= 4 is 21.5 Å². The van der Waals surface area contributed by atoms with Crippen molar-refractivity contribution in [3.05, 3.63) is 180 Å². The highest BCUT2D eigenvalue weighted by atomic mass is 14.9. The first kappa shape index (κ1) is 32.6. The second-order valence-corrected chi connectivity index (χ2v) is 16.3. The molecule has 2 aliphatic carbocycles. The van der Waals surface area contributed by atoms with Gasteiger partial charge in [-0.1, -0.05) is 137 Å². The number of pyridine rings is 2. The van der Waals surface area contributed by atoms with Gasteiger partial charge in [-0.05, 0) is 91.3 Å². The third kappa shape index (κ3) is 4.78. The predicted octanol–water partition coefficient (Wildman–Crippen LogP) is 12.9. The quantitative estimate of drug-likeness (QED) is 0.182. The predicted molar refractivity (Wildman–Crippen MR) is 230 cm³/mol. The van der Waals surface area contributed by atoms with Crippen LogP contribution in [0.1, 0.15) is 49.9 Å². The largest absolute Gasteiger partial charge is 0.256 e. The normalized spacial score (nSPS) is 14.4. The topological polar surface area (TPSA) is 51.6 Å². The molecule has 0 saturated carbocycles. The molecule has 0 spiro atoms. The van der Waals surface area contributed by atoms with Crippen molar-refractivity contribution in [3.8, 4) is 67.5 Å². The maximum atomic E-state index is 5.33. The molecular formula is C52H38N4. The lowest BCUT2D eigenvalue weighted by Gasteiger charge is -2.24. The van der Waals surface area contributed by atoms with Crippen LogP contribution in [0.3, 0.4) is 0 Å². The molecule has 0 N–H and O–H groups in total. The zero-order chi connectivity index (χ0) is 37.8. The van der Waals surface area contributed by atoms with Crippen LogP contribution in [-0.2, 0) is 10.8 Å². The zero-order valence-electron chi connectivity index (χ0n) is 31.8. The maximum Gasteiger partial charge on any atom is 0.161 e. The van der Waals surface area contributed by atoms with Gasteiger partial charge < -0.3 is 0 Å². The van der Waals surface area contributed by atoms with Gasteiger partial charge in [-0.15, -0.1) is 0 Å². The summed E-state index contributed by atoms with van der Waals surface area (Å²) < 4.78 is 0. The van der Waals surface area contributed by atoms with Crippen LogP contribution < -0.4 is 0 Å². The molecule has 11 rings (SSSR count). The summed E-state index contributed by atoms with van der Waals surface area (Å²) in [6.07, 6.45) is 3.88. The number of hydrogen-bond acceptors (Lipinski definition) is 4. The fraction of sp³-hybridized carbons (Fsp3) is 0.115. The van der Waals surface area contributed by atoms with Gasteiger partial charge in [-0.25, -0.2) is 9.97 Å². The van der Waals surface area contributed by atoms with Crippen molar-refractivity contribution in [2.45, 2.75) is 38.5 Å². The molecule has 2 aliphatic rings. The minimum atomic E-state index is -0.284. The van der Waals surface area contributed by atoms with Gasteiger partial charge in [0.15, 0.2) is 5.82 Å². The van der Waals surface area contributed by atoms with Gasteiger partial charge >= 0.3 is 0 Å². The highest BCUT2D eigenvalue weighted by Crippen LogP contribution is 2.55. The Morgan fingerprint density at radius 3 is 1.73 bits per heavy atom. The van der Waals surface area contributed by atoms with Crippen LogP contribution in [0, 0.1) is 0 Å². The number of benzene rings is 6. The molecule has 56 heavy (non-hydrogen) atoms. The molecule has 4 heteroatoms. The smallest absolute Gasteiger partial charge is 0.161 e. The van der Waals surface area contributed by atoms with E-state index in [2.05, 4.69) is 167 Å². The molecule has 0 fully saturated rings. The van der Waals surface area contributed by atoms with E-state index >= 15 is 0 Å². The summed E-state index contributed by atoms with van der Waals surface area (Å²) in [6, 6.07) is 52.2. The summed E-state index contributed by atoms with van der Waals surface area (Å²) in [5.74, 6) is 0.657. The minimum absolute atomic E-state index is 0.141. The Bertz CT molecular complexity index is 3090. The van der Waals surface area contributed by atoms with Gasteiger partial charge in [0, 0.05) is 51.0 Å². The first-order valence-corrected chi connectivity index (χ1v) is 19.4. The first-order chi connectivity index (χ1) is 27.3. The van der Waals surface area contributed by atoms with Crippen LogP contribution in [0.25, 0.3) is 89.1 Å². The van der Waals surface area contributed by atoms with Crippen LogP contribution in [0.2, 0.25) is 0 Å². The van der Waals surface area contributed by atoms with Crippen molar-refractivity contribution in [2.75, 3.05) is 0 Å². The van der Waals surface area contributed by atoms with Gasteiger partial charge in [-0.3, -0.25) is 9.97 Å². The van der Waals surface area contributed by atoms with E-state index in [-0.39, 0.29) is 10.8 Å². The van der Waals surface area contributed by atoms with Gasteiger partial charge in [0.2, 0.25) is 0 Å². The molecule has 4 nitrogen and oxygen atoms in total. The minimum Gasteiger partial charge on any atom is -0.256 e. The standard InChI is InChI=1S/C52H38N4/c1-51(2)42-23-12-24-53-48(42)40-27-44-41(28-43(40)51)49-45(52(44,3)4)26-35(30-54-49)50-55-46(29-47(56-50)39-22-11-16-32-14-6-8-20-37(32)39)34-18-9-17-33(25-34)38-21-10-15-31-13-5-7-19-36(31)38/h5-30H,1-4H3. The summed E-state index contributed by atoms with van der Waals surface area (Å²) in [5, 5.41) is 4.79. The Morgan fingerprint density at radius 1 is 0.393 bits per heavy atom. The van der Waals surface area contributed by atoms with E-state index in [1.165, 1.54) is 55.1 Å². The summed E-state index contributed by atoms with van der Waals surface area (Å²) in [7, 11) is 0. The van der Waals surface area contributed by atoms with E-state index in [1.807, 2.05) is 18.5 Å². The Hall–Kier alpha value is -6.78. The molecule has 0 bridgehead atoms. The fourth-order valence-electron chi connectivity index (χ4n) is 9.35. The van der Waals surface area contributed by atoms with Gasteiger partial charge in [0.25, 0.3) is 0 Å². The average molecular weight is 719 g/mol. The third-order valence-corrected chi connectivity index (χ3v) is 12.4. The molecule has 0 aliphatic heterocycles. The van der Waals surface area contributed by atoms with Crippen molar-refractivity contribution in [2.24, 2.45) is 0 Å². The molecule has 3 aromatic heterocycles. The zero-order valence-corrected chi connectivity index (χ0v) is 31.8. The monoisotopic (exact) mass is 718 g/mol. The Labute approximate surface area is 326 Å². The van der Waals surface area contributed by atoms with Crippen LogP contribution >= 0.6 is 0 Å². The van der Waals surface area contributed by atoms with E-state index in [4.69, 9.17) is 19.9 Å². The molecule has 0 atom stereocenters. The Morgan fingerprint density at radius 2 is 0.982 bits per heavy atom. The summed E-state index contributed by atoms with van der Waals surface area (Å²) >= 11 is 0. The first-order valence-electron chi connectivity index (χ1n) is 19.4. The lowest BCUT2D eigenvalue weighted by molar-refractivity contribution is 0.651. The van der Waals surface area contributed by atoms with Crippen molar-refractivity contribution < 1.29 is 0 Å². The molecule has 266 valence electrons. The van der Waals surface area contributed by atoms with Crippen LogP contribution in [-0.4, -0.2) is 19.9 Å². The van der Waals surface area contributed by atoms with Gasteiger partial charge in [-0.2, -0.15) is 0 Å². The fourth-order valence-corrected chi connectivity index (χ4v) is 9.35. The molecule has 9 aromatic rings. The molecular weight excluding hydrogens is 681 g/mol. The van der Waals surface area contributed by atoms with Crippen LogP contribution in [0.4, 0.5) is 0 Å². The number of nitrogens with zero attached hydrogens (tertiary/aromatic N) is 4. The van der Waals surface area contributed by atoms with E-state index < -0.39 is 0 Å². The summed E-state index contributed by atoms with van der Waals surface area (Å²) in [6.45, 7) is 9.23. The van der Waals surface area contributed by atoms with Crippen molar-refractivity contribution in [1.82, 2.24) is 19.9 Å². The van der Waals surface area contributed by atoms with Crippen molar-refractivity contribution in [3.63, 3.8) is 0 Å². The lowest BCUT2D eigenvalue weighted by Crippen LogP contribution is -2.17. The summed E-state index contributed by atoms with van der Waals surface area (Å²) in [4.78, 5) is 20.8. The summed E-state index contributed by atoms with van der Waals surface area (Å²) in [5.41, 5.74) is 16.3. The van der Waals surface area contributed by atoms with E-state index in [9.17, 15) is 0 Å².